The molecule has 4 rings (SSSR count). The van der Waals surface area contributed by atoms with E-state index in [2.05, 4.69) is 15.4 Å². The molecule has 0 fully saturated rings. The lowest BCUT2D eigenvalue weighted by molar-refractivity contribution is 0.0957. The summed E-state index contributed by atoms with van der Waals surface area (Å²) >= 11 is 7.24. The summed E-state index contributed by atoms with van der Waals surface area (Å²) in [6, 6.07) is 17.2. The molecule has 31 heavy (non-hydrogen) atoms. The first-order valence-corrected chi connectivity index (χ1v) is 11.0. The van der Waals surface area contributed by atoms with Crippen LogP contribution in [0.3, 0.4) is 0 Å². The average molecular weight is 453 g/mol. The van der Waals surface area contributed by atoms with Crippen molar-refractivity contribution < 1.29 is 9.53 Å². The number of benzene rings is 2. The second kappa shape index (κ2) is 9.76. The van der Waals surface area contributed by atoms with Crippen molar-refractivity contribution in [3.63, 3.8) is 0 Å². The van der Waals surface area contributed by atoms with Crippen molar-refractivity contribution in [3.8, 4) is 11.4 Å². The van der Waals surface area contributed by atoms with Crippen LogP contribution in [0.1, 0.15) is 25.9 Å². The third-order valence-electron chi connectivity index (χ3n) is 4.63. The summed E-state index contributed by atoms with van der Waals surface area (Å²) in [4.78, 5) is 17.7. The minimum atomic E-state index is -0.110. The van der Waals surface area contributed by atoms with Crippen molar-refractivity contribution in [2.45, 2.75) is 20.0 Å². The second-order valence-electron chi connectivity index (χ2n) is 6.89. The molecule has 4 aromatic rings. The van der Waals surface area contributed by atoms with Crippen LogP contribution in [0.2, 0.25) is 5.02 Å². The third-order valence-corrected chi connectivity index (χ3v) is 6.01. The first-order valence-electron chi connectivity index (χ1n) is 9.80. The van der Waals surface area contributed by atoms with E-state index < -0.39 is 0 Å². The number of nitrogens with one attached hydrogen (secondary N) is 1. The Kier molecular flexibility index (Phi) is 6.64. The highest BCUT2D eigenvalue weighted by atomic mass is 35.5. The van der Waals surface area contributed by atoms with Gasteiger partial charge in [0.25, 0.3) is 5.91 Å². The highest BCUT2D eigenvalue weighted by molar-refractivity contribution is 7.13. The van der Waals surface area contributed by atoms with Crippen molar-refractivity contribution in [3.05, 3.63) is 93.2 Å². The molecule has 0 radical (unpaired) electrons. The number of hydrogen-bond acceptors (Lipinski definition) is 5. The molecule has 2 aromatic carbocycles. The molecule has 0 aliphatic carbocycles. The van der Waals surface area contributed by atoms with Crippen LogP contribution < -0.4 is 10.1 Å². The maximum Gasteiger partial charge on any atom is 0.263 e. The molecule has 0 bridgehead atoms. The lowest BCUT2D eigenvalue weighted by atomic mass is 10.1. The van der Waals surface area contributed by atoms with Crippen molar-refractivity contribution in [2.75, 3.05) is 6.54 Å². The van der Waals surface area contributed by atoms with E-state index in [0.29, 0.717) is 34.5 Å². The number of halogens is 1. The number of carbonyl (C=O) groups excluding carboxylic acids is 1. The number of rotatable bonds is 8. The molecule has 1 amide bonds. The molecule has 2 aromatic heterocycles. The number of aryl methyl sites for hydroxylation is 1. The fourth-order valence-corrected chi connectivity index (χ4v) is 4.06. The summed E-state index contributed by atoms with van der Waals surface area (Å²) < 4.78 is 7.53. The molecule has 2 heterocycles. The normalized spacial score (nSPS) is 10.8. The van der Waals surface area contributed by atoms with E-state index in [1.165, 1.54) is 11.3 Å². The number of nitrogens with zero attached hydrogens (tertiary/aromatic N) is 3. The number of carbonyl (C=O) groups is 1. The Balaban J connectivity index is 1.28. The molecule has 158 valence electrons. The monoisotopic (exact) mass is 452 g/mol. The quantitative estimate of drug-likeness (QED) is 0.415. The number of ether oxygens (including phenoxy) is 1. The maximum atomic E-state index is 12.6. The molecule has 0 spiro atoms. The second-order valence-corrected chi connectivity index (χ2v) is 8.41. The van der Waals surface area contributed by atoms with Crippen LogP contribution >= 0.6 is 22.9 Å². The van der Waals surface area contributed by atoms with E-state index in [1.54, 1.807) is 30.5 Å². The Labute approximate surface area is 189 Å². The summed E-state index contributed by atoms with van der Waals surface area (Å²) in [5.41, 5.74) is 2.86. The summed E-state index contributed by atoms with van der Waals surface area (Å²) in [7, 11) is 0. The third kappa shape index (κ3) is 5.51. The van der Waals surface area contributed by atoms with Gasteiger partial charge in [-0.2, -0.15) is 5.10 Å². The molecule has 0 atom stereocenters. The molecule has 0 aliphatic heterocycles. The summed E-state index contributed by atoms with van der Waals surface area (Å²) in [5, 5.41) is 8.62. The van der Waals surface area contributed by atoms with Gasteiger partial charge in [0.05, 0.1) is 11.4 Å². The number of hydrogen-bond donors (Lipinski definition) is 1. The average Bonchev–Trinajstić information content (AvgIpc) is 3.44. The van der Waals surface area contributed by atoms with Crippen molar-refractivity contribution in [1.82, 2.24) is 20.1 Å². The van der Waals surface area contributed by atoms with Crippen LogP contribution in [-0.2, 0) is 13.0 Å². The summed E-state index contributed by atoms with van der Waals surface area (Å²) in [6.45, 7) is 2.70. The van der Waals surface area contributed by atoms with Crippen LogP contribution in [0.15, 0.2) is 67.0 Å². The SMILES string of the molecule is Cc1nc(COc2ccc(Cl)cc2)sc1C(=O)NCCc1ccc(-n2cccn2)cc1. The van der Waals surface area contributed by atoms with E-state index in [0.717, 1.165) is 22.7 Å². The van der Waals surface area contributed by atoms with Gasteiger partial charge in [-0.15, -0.1) is 11.3 Å². The van der Waals surface area contributed by atoms with Crippen LogP contribution in [0.25, 0.3) is 5.69 Å². The van der Waals surface area contributed by atoms with E-state index in [9.17, 15) is 4.79 Å². The van der Waals surface area contributed by atoms with E-state index in [-0.39, 0.29) is 5.91 Å². The predicted molar refractivity (Wildman–Crippen MR) is 122 cm³/mol. The zero-order valence-corrected chi connectivity index (χ0v) is 18.5. The Morgan fingerprint density at radius 2 is 1.94 bits per heavy atom. The maximum absolute atomic E-state index is 12.6. The lowest BCUT2D eigenvalue weighted by Gasteiger charge is -2.06. The summed E-state index contributed by atoms with van der Waals surface area (Å²) in [6.07, 6.45) is 4.40. The fourth-order valence-electron chi connectivity index (χ4n) is 3.04. The highest BCUT2D eigenvalue weighted by Crippen LogP contribution is 2.21. The zero-order chi connectivity index (χ0) is 21.6. The standard InChI is InChI=1S/C23H21ClN4O2S/c1-16-22(31-21(27-16)15-30-20-9-5-18(24)6-10-20)23(29)25-13-11-17-3-7-19(8-4-17)28-14-2-12-26-28/h2-10,12,14H,11,13,15H2,1H3,(H,25,29). The molecule has 0 saturated heterocycles. The number of aromatic nitrogens is 3. The Morgan fingerprint density at radius 1 is 1.16 bits per heavy atom. The largest absolute Gasteiger partial charge is 0.486 e. The van der Waals surface area contributed by atoms with E-state index in [4.69, 9.17) is 16.3 Å². The van der Waals surface area contributed by atoms with Crippen LogP contribution in [-0.4, -0.2) is 27.2 Å². The van der Waals surface area contributed by atoms with Crippen LogP contribution in [0.4, 0.5) is 0 Å². The molecular weight excluding hydrogens is 432 g/mol. The molecule has 8 heteroatoms. The number of amides is 1. The van der Waals surface area contributed by atoms with Gasteiger partial charge >= 0.3 is 0 Å². The van der Waals surface area contributed by atoms with Crippen molar-refractivity contribution in [2.24, 2.45) is 0 Å². The minimum absolute atomic E-state index is 0.110. The first kappa shape index (κ1) is 21.1. The van der Waals surface area contributed by atoms with Gasteiger partial charge in [0.2, 0.25) is 0 Å². The first-order chi connectivity index (χ1) is 15.1. The Morgan fingerprint density at radius 3 is 2.65 bits per heavy atom. The Bertz CT molecular complexity index is 1140. The van der Waals surface area contributed by atoms with E-state index >= 15 is 0 Å². The molecule has 0 unspecified atom stereocenters. The molecule has 0 saturated carbocycles. The van der Waals surface area contributed by atoms with Crippen LogP contribution in [0.5, 0.6) is 5.75 Å². The molecule has 0 aliphatic rings. The highest BCUT2D eigenvalue weighted by Gasteiger charge is 2.15. The number of thiazole rings is 1. The minimum Gasteiger partial charge on any atom is -0.486 e. The van der Waals surface area contributed by atoms with Gasteiger partial charge < -0.3 is 10.1 Å². The fraction of sp³-hybridized carbons (Fsp3) is 0.174. The van der Waals surface area contributed by atoms with Crippen LogP contribution in [0, 0.1) is 6.92 Å². The van der Waals surface area contributed by atoms with Gasteiger partial charge in [0.1, 0.15) is 22.2 Å². The summed E-state index contributed by atoms with van der Waals surface area (Å²) in [5.74, 6) is 0.600. The molecule has 1 N–H and O–H groups in total. The van der Waals surface area contributed by atoms with Gasteiger partial charge in [-0.1, -0.05) is 23.7 Å². The zero-order valence-electron chi connectivity index (χ0n) is 16.9. The molecular formula is C23H21ClN4O2S. The van der Waals surface area contributed by atoms with Crippen molar-refractivity contribution in [1.29, 1.82) is 0 Å². The topological polar surface area (TPSA) is 69.0 Å². The molecule has 6 nitrogen and oxygen atoms in total. The van der Waals surface area contributed by atoms with Gasteiger partial charge in [-0.3, -0.25) is 4.79 Å². The van der Waals surface area contributed by atoms with Crippen molar-refractivity contribution >= 4 is 28.8 Å². The van der Waals surface area contributed by atoms with Gasteiger partial charge in [0.15, 0.2) is 0 Å². The predicted octanol–water partition coefficient (Wildman–Crippen LogP) is 4.84. The Hall–Kier alpha value is -3.16. The van der Waals surface area contributed by atoms with Gasteiger partial charge in [0, 0.05) is 24.0 Å². The van der Waals surface area contributed by atoms with Gasteiger partial charge in [-0.25, -0.2) is 9.67 Å². The lowest BCUT2D eigenvalue weighted by Crippen LogP contribution is -2.25. The van der Waals surface area contributed by atoms with E-state index in [1.807, 2.05) is 48.1 Å². The smallest absolute Gasteiger partial charge is 0.263 e. The van der Waals surface area contributed by atoms with Gasteiger partial charge in [-0.05, 0) is 61.4 Å².